The van der Waals surface area contributed by atoms with E-state index in [0.29, 0.717) is 19.0 Å². The van der Waals surface area contributed by atoms with Crippen LogP contribution in [0.4, 0.5) is 0 Å². The van der Waals surface area contributed by atoms with Crippen LogP contribution in [0, 0.1) is 0 Å². The summed E-state index contributed by atoms with van der Waals surface area (Å²) in [5.41, 5.74) is 1.20. The van der Waals surface area contributed by atoms with Gasteiger partial charge in [-0.2, -0.15) is 0 Å². The van der Waals surface area contributed by atoms with E-state index < -0.39 is 6.10 Å². The smallest absolute Gasteiger partial charge is 0.260 e. The number of β-amino-alcohol motifs (C(OH)–C–C–N with tert-alkyl or cyclic N) is 1. The maximum atomic E-state index is 12.0. The molecular formula is C16H23NO3. The summed E-state index contributed by atoms with van der Waals surface area (Å²) in [5, 5.41) is 9.58. The molecule has 20 heavy (non-hydrogen) atoms. The molecule has 1 saturated heterocycles. The summed E-state index contributed by atoms with van der Waals surface area (Å²) in [6, 6.07) is 7.84. The Hall–Kier alpha value is -1.55. The number of benzene rings is 1. The molecule has 1 N–H and O–H groups in total. The number of rotatable bonds is 4. The van der Waals surface area contributed by atoms with Crippen LogP contribution in [0.5, 0.6) is 5.75 Å². The zero-order valence-corrected chi connectivity index (χ0v) is 12.2. The van der Waals surface area contributed by atoms with Gasteiger partial charge in [0.25, 0.3) is 5.91 Å². The van der Waals surface area contributed by atoms with Crippen molar-refractivity contribution in [2.24, 2.45) is 0 Å². The minimum atomic E-state index is -0.392. The Bertz CT molecular complexity index is 459. The second-order valence-corrected chi connectivity index (χ2v) is 5.65. The molecule has 1 heterocycles. The van der Waals surface area contributed by atoms with Crippen LogP contribution < -0.4 is 4.74 Å². The van der Waals surface area contributed by atoms with Gasteiger partial charge < -0.3 is 14.7 Å². The van der Waals surface area contributed by atoms with E-state index >= 15 is 0 Å². The van der Waals surface area contributed by atoms with Crippen molar-refractivity contribution >= 4 is 5.91 Å². The molecule has 1 aromatic carbocycles. The van der Waals surface area contributed by atoms with Gasteiger partial charge in [0.1, 0.15) is 5.75 Å². The molecule has 110 valence electrons. The van der Waals surface area contributed by atoms with Crippen molar-refractivity contribution < 1.29 is 14.6 Å². The summed E-state index contributed by atoms with van der Waals surface area (Å²) >= 11 is 0. The van der Waals surface area contributed by atoms with Crippen LogP contribution in [-0.2, 0) is 4.79 Å². The first-order valence-electron chi connectivity index (χ1n) is 7.25. The van der Waals surface area contributed by atoms with Crippen LogP contribution in [0.15, 0.2) is 24.3 Å². The molecule has 1 atom stereocenters. The van der Waals surface area contributed by atoms with Crippen molar-refractivity contribution in [1.82, 2.24) is 4.90 Å². The highest BCUT2D eigenvalue weighted by Gasteiger charge is 2.22. The van der Waals surface area contributed by atoms with Gasteiger partial charge in [0.2, 0.25) is 0 Å². The summed E-state index contributed by atoms with van der Waals surface area (Å²) < 4.78 is 5.57. The minimum Gasteiger partial charge on any atom is -0.484 e. The number of amides is 1. The maximum Gasteiger partial charge on any atom is 0.260 e. The zero-order valence-electron chi connectivity index (χ0n) is 12.2. The molecule has 0 aromatic heterocycles. The number of ether oxygens (including phenoxy) is 1. The topological polar surface area (TPSA) is 49.8 Å². The summed E-state index contributed by atoms with van der Waals surface area (Å²) in [4.78, 5) is 13.7. The maximum absolute atomic E-state index is 12.0. The third kappa shape index (κ3) is 3.97. The van der Waals surface area contributed by atoms with E-state index in [-0.39, 0.29) is 12.5 Å². The Morgan fingerprint density at radius 1 is 1.50 bits per heavy atom. The number of hydrogen-bond acceptors (Lipinski definition) is 3. The molecule has 4 heteroatoms. The van der Waals surface area contributed by atoms with Gasteiger partial charge in [-0.1, -0.05) is 26.0 Å². The normalized spacial score (nSPS) is 19.2. The number of piperidine rings is 1. The van der Waals surface area contributed by atoms with Gasteiger partial charge in [0, 0.05) is 13.1 Å². The molecule has 0 bridgehead atoms. The Morgan fingerprint density at radius 2 is 2.30 bits per heavy atom. The number of nitrogens with zero attached hydrogens (tertiary/aromatic N) is 1. The Kier molecular flexibility index (Phi) is 5.01. The molecule has 0 unspecified atom stereocenters. The molecule has 0 aliphatic carbocycles. The van der Waals surface area contributed by atoms with Crippen LogP contribution in [0.25, 0.3) is 0 Å². The third-order valence-electron chi connectivity index (χ3n) is 3.64. The molecule has 2 rings (SSSR count). The van der Waals surface area contributed by atoms with Gasteiger partial charge >= 0.3 is 0 Å². The average molecular weight is 277 g/mol. The monoisotopic (exact) mass is 277 g/mol. The van der Waals surface area contributed by atoms with Gasteiger partial charge in [-0.05, 0) is 36.5 Å². The molecule has 0 saturated carbocycles. The minimum absolute atomic E-state index is 0.0360. The highest BCUT2D eigenvalue weighted by atomic mass is 16.5. The lowest BCUT2D eigenvalue weighted by Crippen LogP contribution is -2.44. The first kappa shape index (κ1) is 14.9. The van der Waals surface area contributed by atoms with E-state index in [4.69, 9.17) is 4.74 Å². The van der Waals surface area contributed by atoms with Crippen LogP contribution >= 0.6 is 0 Å². The fourth-order valence-corrected chi connectivity index (χ4v) is 2.38. The summed E-state index contributed by atoms with van der Waals surface area (Å²) in [5.74, 6) is 1.10. The van der Waals surface area contributed by atoms with Crippen molar-refractivity contribution in [3.05, 3.63) is 29.8 Å². The molecule has 0 spiro atoms. The number of carbonyl (C=O) groups is 1. The van der Waals surface area contributed by atoms with Gasteiger partial charge in [0.15, 0.2) is 6.61 Å². The van der Waals surface area contributed by atoms with Gasteiger partial charge in [-0.3, -0.25) is 4.79 Å². The van der Waals surface area contributed by atoms with E-state index in [9.17, 15) is 9.90 Å². The van der Waals surface area contributed by atoms with Gasteiger partial charge in [-0.15, -0.1) is 0 Å². The van der Waals surface area contributed by atoms with E-state index in [0.717, 1.165) is 18.6 Å². The van der Waals surface area contributed by atoms with Crippen molar-refractivity contribution in [3.8, 4) is 5.75 Å². The standard InChI is InChI=1S/C16H23NO3/c1-12(2)13-5-3-7-15(9-13)20-11-16(19)17-8-4-6-14(18)10-17/h3,5,7,9,12,14,18H,4,6,8,10-11H2,1-2H3/t14-/m0/s1. The van der Waals surface area contributed by atoms with Gasteiger partial charge in [0.05, 0.1) is 6.10 Å². The highest BCUT2D eigenvalue weighted by Crippen LogP contribution is 2.20. The number of aliphatic hydroxyl groups excluding tert-OH is 1. The number of hydrogen-bond donors (Lipinski definition) is 1. The molecule has 1 aliphatic heterocycles. The molecule has 1 aromatic rings. The predicted molar refractivity (Wildman–Crippen MR) is 77.8 cm³/mol. The highest BCUT2D eigenvalue weighted by molar-refractivity contribution is 5.77. The second-order valence-electron chi connectivity index (χ2n) is 5.65. The summed E-state index contributed by atoms with van der Waals surface area (Å²) in [7, 11) is 0. The first-order chi connectivity index (χ1) is 9.56. The molecule has 1 fully saturated rings. The van der Waals surface area contributed by atoms with E-state index in [2.05, 4.69) is 19.9 Å². The van der Waals surface area contributed by atoms with E-state index in [1.54, 1.807) is 4.90 Å². The number of aliphatic hydroxyl groups is 1. The largest absolute Gasteiger partial charge is 0.484 e. The summed E-state index contributed by atoms with van der Waals surface area (Å²) in [6.07, 6.45) is 1.24. The van der Waals surface area contributed by atoms with Crippen LogP contribution in [0.2, 0.25) is 0 Å². The predicted octanol–water partition coefficient (Wildman–Crippen LogP) is 2.17. The SMILES string of the molecule is CC(C)c1cccc(OCC(=O)N2CCC[C@H](O)C2)c1. The van der Waals surface area contributed by atoms with Crippen molar-refractivity contribution in [2.45, 2.75) is 38.7 Å². The fraction of sp³-hybridized carbons (Fsp3) is 0.562. The lowest BCUT2D eigenvalue weighted by Gasteiger charge is -2.30. The lowest BCUT2D eigenvalue weighted by atomic mass is 10.0. The molecule has 0 radical (unpaired) electrons. The Morgan fingerprint density at radius 3 is 3.00 bits per heavy atom. The second kappa shape index (κ2) is 6.75. The van der Waals surface area contributed by atoms with Crippen molar-refractivity contribution in [3.63, 3.8) is 0 Å². The Balaban J connectivity index is 1.88. The summed E-state index contributed by atoms with van der Waals surface area (Å²) in [6.45, 7) is 5.42. The molecule has 1 aliphatic rings. The van der Waals surface area contributed by atoms with Crippen molar-refractivity contribution in [2.75, 3.05) is 19.7 Å². The average Bonchev–Trinajstić information content (AvgIpc) is 2.45. The van der Waals surface area contributed by atoms with Crippen LogP contribution in [0.3, 0.4) is 0 Å². The lowest BCUT2D eigenvalue weighted by molar-refractivity contribution is -0.136. The van der Waals surface area contributed by atoms with Gasteiger partial charge in [-0.25, -0.2) is 0 Å². The molecular weight excluding hydrogens is 254 g/mol. The number of likely N-dealkylation sites (tertiary alicyclic amines) is 1. The third-order valence-corrected chi connectivity index (χ3v) is 3.64. The molecule has 4 nitrogen and oxygen atoms in total. The quantitative estimate of drug-likeness (QED) is 0.917. The molecule has 1 amide bonds. The fourth-order valence-electron chi connectivity index (χ4n) is 2.38. The van der Waals surface area contributed by atoms with Crippen molar-refractivity contribution in [1.29, 1.82) is 0 Å². The zero-order chi connectivity index (χ0) is 14.5. The van der Waals surface area contributed by atoms with E-state index in [1.807, 2.05) is 18.2 Å². The van der Waals surface area contributed by atoms with Crippen LogP contribution in [0.1, 0.15) is 38.2 Å². The van der Waals surface area contributed by atoms with Crippen LogP contribution in [-0.4, -0.2) is 41.7 Å². The van der Waals surface area contributed by atoms with E-state index in [1.165, 1.54) is 5.56 Å². The number of carbonyl (C=O) groups excluding carboxylic acids is 1. The first-order valence-corrected chi connectivity index (χ1v) is 7.25. The Labute approximate surface area is 120 Å².